The first-order valence-corrected chi connectivity index (χ1v) is 11.3. The lowest BCUT2D eigenvalue weighted by molar-refractivity contribution is -0.114. The molecule has 11 heteroatoms. The maximum Gasteiger partial charge on any atom is 0.248 e. The molecule has 1 aliphatic rings. The molecule has 0 atom stereocenters. The number of ether oxygens (including phenoxy) is 1. The monoisotopic (exact) mass is 498 g/mol. The molecule has 178 valence electrons. The van der Waals surface area contributed by atoms with Crippen molar-refractivity contribution in [2.24, 2.45) is 5.92 Å². The third-order valence-corrected chi connectivity index (χ3v) is 6.29. The smallest absolute Gasteiger partial charge is 0.248 e. The zero-order valence-corrected chi connectivity index (χ0v) is 19.2. The number of fused-ring (bicyclic) bond motifs is 2. The molecular weight excluding hydrogens is 481 g/mol. The average molecular weight is 499 g/mol. The van der Waals surface area contributed by atoms with E-state index in [4.69, 9.17) is 16.3 Å². The van der Waals surface area contributed by atoms with Gasteiger partial charge in [0.05, 0.1) is 22.7 Å². The Morgan fingerprint density at radius 2 is 1.97 bits per heavy atom. The van der Waals surface area contributed by atoms with Crippen molar-refractivity contribution in [1.29, 1.82) is 0 Å². The van der Waals surface area contributed by atoms with Gasteiger partial charge in [0.1, 0.15) is 22.8 Å². The number of alkyl halides is 2. The van der Waals surface area contributed by atoms with Crippen LogP contribution >= 0.6 is 11.6 Å². The molecule has 7 nitrogen and oxygen atoms in total. The molecule has 0 amide bonds. The Morgan fingerprint density at radius 3 is 2.77 bits per heavy atom. The highest BCUT2D eigenvalue weighted by Crippen LogP contribution is 2.43. The van der Waals surface area contributed by atoms with Crippen molar-refractivity contribution in [1.82, 2.24) is 29.7 Å². The predicted octanol–water partition coefficient (Wildman–Crippen LogP) is 6.31. The van der Waals surface area contributed by atoms with Crippen LogP contribution in [0.25, 0.3) is 33.3 Å². The molecule has 0 bridgehead atoms. The van der Waals surface area contributed by atoms with Gasteiger partial charge in [0.25, 0.3) is 0 Å². The molecular formula is C24H18ClF3N6O. The Morgan fingerprint density at radius 1 is 1.14 bits per heavy atom. The van der Waals surface area contributed by atoms with E-state index in [9.17, 15) is 13.2 Å². The van der Waals surface area contributed by atoms with Crippen LogP contribution in [0.5, 0.6) is 11.5 Å². The van der Waals surface area contributed by atoms with Crippen LogP contribution in [0.3, 0.4) is 0 Å². The topological polar surface area (TPSA) is 81.5 Å². The zero-order chi connectivity index (χ0) is 24.3. The highest BCUT2D eigenvalue weighted by atomic mass is 35.5. The van der Waals surface area contributed by atoms with Crippen LogP contribution in [-0.4, -0.2) is 35.6 Å². The van der Waals surface area contributed by atoms with Crippen LogP contribution in [0, 0.1) is 18.7 Å². The molecule has 0 radical (unpaired) electrons. The number of hydrogen-bond acceptors (Lipinski definition) is 5. The molecule has 0 spiro atoms. The number of H-pyrrole nitrogens is 1. The van der Waals surface area contributed by atoms with E-state index in [1.165, 1.54) is 6.07 Å². The van der Waals surface area contributed by atoms with Gasteiger partial charge in [-0.3, -0.25) is 4.68 Å². The molecule has 0 aliphatic heterocycles. The van der Waals surface area contributed by atoms with Gasteiger partial charge >= 0.3 is 0 Å². The molecule has 3 aromatic heterocycles. The van der Waals surface area contributed by atoms with Gasteiger partial charge in [-0.15, -0.1) is 0 Å². The van der Waals surface area contributed by atoms with E-state index in [1.807, 2.05) is 0 Å². The number of aromatic nitrogens is 6. The molecule has 0 saturated heterocycles. The molecule has 3 heterocycles. The minimum atomic E-state index is -2.57. The molecule has 1 saturated carbocycles. The van der Waals surface area contributed by atoms with Gasteiger partial charge in [-0.2, -0.15) is 5.10 Å². The highest BCUT2D eigenvalue weighted by Gasteiger charge is 2.45. The summed E-state index contributed by atoms with van der Waals surface area (Å²) in [5.41, 5.74) is 2.84. The number of halogens is 4. The van der Waals surface area contributed by atoms with Gasteiger partial charge in [0.2, 0.25) is 5.92 Å². The number of benzene rings is 2. The summed E-state index contributed by atoms with van der Waals surface area (Å²) in [6.45, 7) is 2.15. The van der Waals surface area contributed by atoms with Crippen molar-refractivity contribution in [2.75, 3.05) is 0 Å². The predicted molar refractivity (Wildman–Crippen MR) is 124 cm³/mol. The fourth-order valence-electron chi connectivity index (χ4n) is 4.38. The Bertz CT molecular complexity index is 1590. The van der Waals surface area contributed by atoms with Crippen LogP contribution in [0.15, 0.2) is 42.7 Å². The lowest BCUT2D eigenvalue weighted by atomic mass is 9.81. The molecule has 1 aliphatic carbocycles. The third kappa shape index (κ3) is 4.07. The molecule has 5 aromatic rings. The number of aromatic amines is 1. The summed E-state index contributed by atoms with van der Waals surface area (Å²) in [7, 11) is 0. The average Bonchev–Trinajstić information content (AvgIpc) is 3.40. The van der Waals surface area contributed by atoms with Crippen molar-refractivity contribution in [3.63, 3.8) is 0 Å². The lowest BCUT2D eigenvalue weighted by Crippen LogP contribution is -2.37. The van der Waals surface area contributed by atoms with Crippen LogP contribution in [0.2, 0.25) is 5.15 Å². The van der Waals surface area contributed by atoms with Crippen LogP contribution in [0.4, 0.5) is 13.2 Å². The molecule has 6 rings (SSSR count). The first kappa shape index (κ1) is 21.8. The normalized spacial score (nSPS) is 15.6. The Kier molecular flexibility index (Phi) is 4.96. The van der Waals surface area contributed by atoms with E-state index in [-0.39, 0.29) is 35.2 Å². The highest BCUT2D eigenvalue weighted by molar-refractivity contribution is 6.32. The van der Waals surface area contributed by atoms with Gasteiger partial charge in [-0.1, -0.05) is 11.6 Å². The summed E-state index contributed by atoms with van der Waals surface area (Å²) >= 11 is 6.38. The second kappa shape index (κ2) is 7.94. The van der Waals surface area contributed by atoms with Crippen molar-refractivity contribution >= 4 is 33.7 Å². The quantitative estimate of drug-likeness (QED) is 0.307. The van der Waals surface area contributed by atoms with Crippen molar-refractivity contribution in [3.8, 4) is 22.8 Å². The molecule has 35 heavy (non-hydrogen) atoms. The first-order valence-electron chi connectivity index (χ1n) is 10.9. The molecule has 2 aromatic carbocycles. The van der Waals surface area contributed by atoms with Crippen LogP contribution in [0.1, 0.15) is 18.7 Å². The molecule has 1 fully saturated rings. The number of hydrogen-bond donors (Lipinski definition) is 1. The largest absolute Gasteiger partial charge is 0.454 e. The number of aryl methyl sites for hydroxylation is 1. The Labute approximate surface area is 201 Å². The summed E-state index contributed by atoms with van der Waals surface area (Å²) in [6.07, 6.45) is 3.04. The lowest BCUT2D eigenvalue weighted by Gasteiger charge is -2.34. The fourth-order valence-corrected chi connectivity index (χ4v) is 4.62. The first-order chi connectivity index (χ1) is 16.7. The van der Waals surface area contributed by atoms with Crippen molar-refractivity contribution in [3.05, 3.63) is 59.5 Å². The van der Waals surface area contributed by atoms with Gasteiger partial charge < -0.3 is 9.72 Å². The maximum atomic E-state index is 14.9. The number of rotatable bonds is 5. The summed E-state index contributed by atoms with van der Waals surface area (Å²) in [6, 6.07) is 8.21. The fraction of sp³-hybridized carbons (Fsp3) is 0.250. The Balaban J connectivity index is 1.28. The van der Waals surface area contributed by atoms with E-state index in [1.54, 1.807) is 48.3 Å². The maximum absolute atomic E-state index is 14.9. The van der Waals surface area contributed by atoms with Crippen molar-refractivity contribution in [2.45, 2.75) is 32.2 Å². The molecule has 1 N–H and O–H groups in total. The van der Waals surface area contributed by atoms with Gasteiger partial charge in [0, 0.05) is 37.2 Å². The third-order valence-electron chi connectivity index (χ3n) is 6.02. The van der Waals surface area contributed by atoms with E-state index in [0.29, 0.717) is 45.9 Å². The van der Waals surface area contributed by atoms with Crippen LogP contribution in [-0.2, 0) is 6.54 Å². The van der Waals surface area contributed by atoms with Gasteiger partial charge in [-0.25, -0.2) is 28.1 Å². The van der Waals surface area contributed by atoms with E-state index >= 15 is 0 Å². The van der Waals surface area contributed by atoms with Crippen molar-refractivity contribution < 1.29 is 17.9 Å². The second-order valence-corrected chi connectivity index (χ2v) is 9.15. The van der Waals surface area contributed by atoms with E-state index in [0.717, 1.165) is 0 Å². The minimum absolute atomic E-state index is 0.0355. The zero-order valence-electron chi connectivity index (χ0n) is 18.4. The minimum Gasteiger partial charge on any atom is -0.454 e. The molecule has 0 unspecified atom stereocenters. The van der Waals surface area contributed by atoms with Gasteiger partial charge in [-0.05, 0) is 37.1 Å². The summed E-state index contributed by atoms with van der Waals surface area (Å²) < 4.78 is 48.5. The SMILES string of the molecule is Cc1nc2c(F)c(Oc3ccc4nc(Cl)c(-c5cnn(CC6CC(F)(F)C6)c5)nc4c3)ccc2[nH]1. The number of nitrogens with one attached hydrogen (secondary N) is 1. The Hall–Kier alpha value is -3.66. The van der Waals surface area contributed by atoms with E-state index in [2.05, 4.69) is 25.0 Å². The standard InChI is InChI=1S/C24H18ClF3N6O/c1-12-30-17-4-5-19(20(26)22(17)31-12)35-15-2-3-16-18(6-15)32-21(23(25)33-16)14-9-29-34(11-14)10-13-7-24(27,28)8-13/h2-6,9,11,13H,7-8,10H2,1H3,(H,30,31). The summed E-state index contributed by atoms with van der Waals surface area (Å²) in [5, 5.41) is 4.45. The summed E-state index contributed by atoms with van der Waals surface area (Å²) in [5.74, 6) is -2.23. The number of nitrogens with zero attached hydrogens (tertiary/aromatic N) is 5. The second-order valence-electron chi connectivity index (χ2n) is 8.79. The van der Waals surface area contributed by atoms with Crippen LogP contribution < -0.4 is 4.74 Å². The number of imidazole rings is 1. The summed E-state index contributed by atoms with van der Waals surface area (Å²) in [4.78, 5) is 16.2. The van der Waals surface area contributed by atoms with Gasteiger partial charge in [0.15, 0.2) is 16.7 Å². The van der Waals surface area contributed by atoms with E-state index < -0.39 is 11.7 Å².